The highest BCUT2D eigenvalue weighted by Gasteiger charge is 2.09. The fourth-order valence-electron chi connectivity index (χ4n) is 1.75. The van der Waals surface area contributed by atoms with Crippen LogP contribution in [0.25, 0.3) is 0 Å². The predicted octanol–water partition coefficient (Wildman–Crippen LogP) is 5.71. The molecule has 0 aliphatic heterocycles. The van der Waals surface area contributed by atoms with Crippen molar-refractivity contribution in [1.29, 1.82) is 0 Å². The molecule has 0 radical (unpaired) electrons. The Morgan fingerprint density at radius 1 is 1.14 bits per heavy atom. The number of benzene rings is 2. The monoisotopic (exact) mass is 336 g/mol. The Kier molecular flexibility index (Phi) is 5.69. The van der Waals surface area contributed by atoms with Gasteiger partial charge in [-0.1, -0.05) is 35.3 Å². The molecule has 0 unspecified atom stereocenters. The number of nitrogens with zero attached hydrogens (tertiary/aromatic N) is 2. The van der Waals surface area contributed by atoms with Crippen LogP contribution in [0.4, 0.5) is 5.69 Å². The summed E-state index contributed by atoms with van der Waals surface area (Å²) in [6, 6.07) is 11.0. The Morgan fingerprint density at radius 2 is 1.86 bits per heavy atom. The second kappa shape index (κ2) is 7.52. The Labute approximate surface area is 141 Å². The lowest BCUT2D eigenvalue weighted by atomic mass is 10.2. The van der Waals surface area contributed by atoms with Gasteiger partial charge in [0.15, 0.2) is 0 Å². The molecular formula is C17H18Cl2N2O. The van der Waals surface area contributed by atoms with Crippen LogP contribution >= 0.6 is 23.2 Å². The van der Waals surface area contributed by atoms with Crippen LogP contribution in [0.1, 0.15) is 12.5 Å². The Bertz CT molecular complexity index is 686. The summed E-state index contributed by atoms with van der Waals surface area (Å²) in [5, 5.41) is 1.04. The Morgan fingerprint density at radius 3 is 2.55 bits per heavy atom. The van der Waals surface area contributed by atoms with Crippen molar-refractivity contribution in [2.75, 3.05) is 13.6 Å². The molecule has 0 amide bonds. The van der Waals surface area contributed by atoms with Gasteiger partial charge in [0, 0.05) is 13.6 Å². The van der Waals surface area contributed by atoms with Crippen LogP contribution in [-0.2, 0) is 0 Å². The van der Waals surface area contributed by atoms with Crippen molar-refractivity contribution < 1.29 is 4.74 Å². The van der Waals surface area contributed by atoms with E-state index in [1.165, 1.54) is 0 Å². The maximum absolute atomic E-state index is 6.30. The van der Waals surface area contributed by atoms with E-state index in [2.05, 4.69) is 11.9 Å². The second-order valence-corrected chi connectivity index (χ2v) is 5.73. The fourth-order valence-corrected chi connectivity index (χ4v) is 2.12. The Balaban J connectivity index is 2.27. The first-order chi connectivity index (χ1) is 10.5. The van der Waals surface area contributed by atoms with Gasteiger partial charge in [0.25, 0.3) is 0 Å². The Hall–Kier alpha value is -1.71. The molecule has 2 rings (SSSR count). The molecule has 116 valence electrons. The number of aryl methyl sites for hydroxylation is 1. The van der Waals surface area contributed by atoms with Crippen LogP contribution in [0.5, 0.6) is 11.5 Å². The van der Waals surface area contributed by atoms with Gasteiger partial charge in [-0.25, -0.2) is 4.99 Å². The zero-order chi connectivity index (χ0) is 16.1. The maximum Gasteiger partial charge on any atom is 0.146 e. The summed E-state index contributed by atoms with van der Waals surface area (Å²) in [6.07, 6.45) is 1.78. The number of para-hydroxylation sites is 1. The van der Waals surface area contributed by atoms with Crippen molar-refractivity contribution in [3.8, 4) is 11.5 Å². The van der Waals surface area contributed by atoms with E-state index >= 15 is 0 Å². The first-order valence-corrected chi connectivity index (χ1v) is 7.73. The van der Waals surface area contributed by atoms with Crippen molar-refractivity contribution in [2.24, 2.45) is 4.99 Å². The molecule has 0 fully saturated rings. The molecule has 0 spiro atoms. The molecule has 0 saturated heterocycles. The van der Waals surface area contributed by atoms with Gasteiger partial charge in [0.2, 0.25) is 0 Å². The van der Waals surface area contributed by atoms with Gasteiger partial charge < -0.3 is 9.64 Å². The third-order valence-corrected chi connectivity index (χ3v) is 3.81. The van der Waals surface area contributed by atoms with Crippen molar-refractivity contribution in [3.63, 3.8) is 0 Å². The molecule has 2 aromatic carbocycles. The molecule has 0 aromatic heterocycles. The maximum atomic E-state index is 6.30. The summed E-state index contributed by atoms with van der Waals surface area (Å²) in [5.41, 5.74) is 1.80. The van der Waals surface area contributed by atoms with Crippen LogP contribution in [0.3, 0.4) is 0 Å². The molecule has 3 nitrogen and oxygen atoms in total. The molecule has 0 saturated carbocycles. The molecule has 2 aromatic rings. The summed E-state index contributed by atoms with van der Waals surface area (Å²) in [6.45, 7) is 4.92. The summed E-state index contributed by atoms with van der Waals surface area (Å²) in [4.78, 5) is 6.43. The number of rotatable bonds is 5. The topological polar surface area (TPSA) is 24.8 Å². The highest BCUT2D eigenvalue weighted by Crippen LogP contribution is 2.37. The van der Waals surface area contributed by atoms with Crippen LogP contribution in [0, 0.1) is 6.92 Å². The van der Waals surface area contributed by atoms with Gasteiger partial charge >= 0.3 is 0 Å². The lowest BCUT2D eigenvalue weighted by Gasteiger charge is -2.12. The third kappa shape index (κ3) is 4.15. The number of halogens is 2. The second-order valence-electron chi connectivity index (χ2n) is 4.92. The zero-order valence-corrected chi connectivity index (χ0v) is 14.3. The van der Waals surface area contributed by atoms with Gasteiger partial charge in [-0.2, -0.15) is 0 Å². The average molecular weight is 337 g/mol. The molecule has 22 heavy (non-hydrogen) atoms. The van der Waals surface area contributed by atoms with Crippen molar-refractivity contribution in [3.05, 3.63) is 52.0 Å². The minimum Gasteiger partial charge on any atom is -0.454 e. The van der Waals surface area contributed by atoms with Crippen molar-refractivity contribution >= 4 is 35.2 Å². The van der Waals surface area contributed by atoms with Crippen molar-refractivity contribution in [2.45, 2.75) is 13.8 Å². The summed E-state index contributed by atoms with van der Waals surface area (Å²) in [7, 11) is 1.97. The number of ether oxygens (including phenoxy) is 1. The van der Waals surface area contributed by atoms with Crippen LogP contribution < -0.4 is 4.74 Å². The molecular weight excluding hydrogens is 319 g/mol. The number of aliphatic imine (C=N–C) groups is 1. The largest absolute Gasteiger partial charge is 0.454 e. The molecule has 0 atom stereocenters. The molecule has 0 heterocycles. The van der Waals surface area contributed by atoms with Gasteiger partial charge in [-0.3, -0.25) is 0 Å². The highest BCUT2D eigenvalue weighted by molar-refractivity contribution is 6.33. The smallest absolute Gasteiger partial charge is 0.146 e. The standard InChI is InChI=1S/C17H18Cl2N2O/c1-4-21(3)11-20-15-10-14(19)17(9-12(15)2)22-16-8-6-5-7-13(16)18/h5-11H,4H2,1-3H3. The molecule has 0 aliphatic rings. The number of hydrogen-bond donors (Lipinski definition) is 0. The van der Waals surface area contributed by atoms with E-state index in [1.54, 1.807) is 24.5 Å². The SMILES string of the molecule is CCN(C)C=Nc1cc(Cl)c(Oc2ccccc2Cl)cc1C. The van der Waals surface area contributed by atoms with E-state index in [0.29, 0.717) is 21.5 Å². The van der Waals surface area contributed by atoms with Gasteiger partial charge in [-0.15, -0.1) is 0 Å². The minimum absolute atomic E-state index is 0.497. The molecule has 0 N–H and O–H groups in total. The molecule has 0 aliphatic carbocycles. The van der Waals surface area contributed by atoms with E-state index in [4.69, 9.17) is 27.9 Å². The average Bonchev–Trinajstić information content (AvgIpc) is 2.51. The third-order valence-electron chi connectivity index (χ3n) is 3.20. The summed E-state index contributed by atoms with van der Waals surface area (Å²) < 4.78 is 5.80. The molecule has 5 heteroatoms. The zero-order valence-electron chi connectivity index (χ0n) is 12.8. The quantitative estimate of drug-likeness (QED) is 0.516. The van der Waals surface area contributed by atoms with Gasteiger partial charge in [0.05, 0.1) is 22.1 Å². The normalized spacial score (nSPS) is 11.0. The van der Waals surface area contributed by atoms with Gasteiger partial charge in [0.1, 0.15) is 11.5 Å². The van der Waals surface area contributed by atoms with E-state index in [0.717, 1.165) is 17.8 Å². The van der Waals surface area contributed by atoms with Crippen molar-refractivity contribution in [1.82, 2.24) is 4.90 Å². The first-order valence-electron chi connectivity index (χ1n) is 6.98. The predicted molar refractivity (Wildman–Crippen MR) is 94.2 cm³/mol. The fraction of sp³-hybridized carbons (Fsp3) is 0.235. The highest BCUT2D eigenvalue weighted by atomic mass is 35.5. The van der Waals surface area contributed by atoms with Crippen LogP contribution in [-0.4, -0.2) is 24.8 Å². The summed E-state index contributed by atoms with van der Waals surface area (Å²) in [5.74, 6) is 1.14. The first kappa shape index (κ1) is 16.7. The molecule has 0 bridgehead atoms. The summed E-state index contributed by atoms with van der Waals surface area (Å²) >= 11 is 12.4. The van der Waals surface area contributed by atoms with Crippen LogP contribution in [0.2, 0.25) is 10.0 Å². The lowest BCUT2D eigenvalue weighted by Crippen LogP contribution is -2.14. The minimum atomic E-state index is 0.497. The van der Waals surface area contributed by atoms with Gasteiger partial charge in [-0.05, 0) is 43.7 Å². The number of hydrogen-bond acceptors (Lipinski definition) is 2. The van der Waals surface area contributed by atoms with E-state index in [-0.39, 0.29) is 0 Å². The van der Waals surface area contributed by atoms with Crippen LogP contribution in [0.15, 0.2) is 41.4 Å². The van der Waals surface area contributed by atoms with E-state index < -0.39 is 0 Å². The van der Waals surface area contributed by atoms with E-state index in [1.807, 2.05) is 37.1 Å². The van der Waals surface area contributed by atoms with E-state index in [9.17, 15) is 0 Å². The lowest BCUT2D eigenvalue weighted by molar-refractivity contribution is 0.483.